The first-order chi connectivity index (χ1) is 18.3. The molecule has 1 atom stereocenters. The van der Waals surface area contributed by atoms with Gasteiger partial charge in [0.05, 0.1) is 58.7 Å². The third-order valence-electron chi connectivity index (χ3n) is 6.49. The fourth-order valence-corrected chi connectivity index (χ4v) is 4.44. The number of rotatable bonds is 11. The molecular weight excluding hydrogens is 484 g/mol. The second-order valence-electron chi connectivity index (χ2n) is 9.49. The van der Waals surface area contributed by atoms with E-state index in [9.17, 15) is 4.79 Å². The Morgan fingerprint density at radius 1 is 0.868 bits per heavy atom. The molecule has 0 bridgehead atoms. The van der Waals surface area contributed by atoms with Gasteiger partial charge in [0.15, 0.2) is 17.3 Å². The first-order valence-corrected chi connectivity index (χ1v) is 12.4. The van der Waals surface area contributed by atoms with Crippen molar-refractivity contribution in [3.63, 3.8) is 0 Å². The van der Waals surface area contributed by atoms with Gasteiger partial charge in [0.1, 0.15) is 22.8 Å². The van der Waals surface area contributed by atoms with Crippen molar-refractivity contribution in [2.75, 3.05) is 35.0 Å². The second-order valence-corrected chi connectivity index (χ2v) is 9.49. The summed E-state index contributed by atoms with van der Waals surface area (Å²) < 4.78 is 34.0. The number of fused-ring (bicyclic) bond motifs is 1. The van der Waals surface area contributed by atoms with Crippen LogP contribution in [0.2, 0.25) is 0 Å². The van der Waals surface area contributed by atoms with Crippen LogP contribution in [0.3, 0.4) is 0 Å². The highest BCUT2D eigenvalue weighted by atomic mass is 16.5. The quantitative estimate of drug-likeness (QED) is 0.285. The van der Waals surface area contributed by atoms with Crippen LogP contribution in [0.1, 0.15) is 46.8 Å². The number of Topliss-reactive ketones (excluding diaryl/α,β-unsaturated/α-hetero) is 1. The van der Waals surface area contributed by atoms with Crippen molar-refractivity contribution in [2.24, 2.45) is 0 Å². The van der Waals surface area contributed by atoms with Crippen molar-refractivity contribution in [1.82, 2.24) is 0 Å². The third kappa shape index (κ3) is 5.78. The van der Waals surface area contributed by atoms with Gasteiger partial charge in [0.25, 0.3) is 0 Å². The highest BCUT2D eigenvalue weighted by molar-refractivity contribution is 6.04. The fraction of sp³-hybridized carbons (Fsp3) is 0.323. The van der Waals surface area contributed by atoms with Crippen molar-refractivity contribution in [3.05, 3.63) is 82.9 Å². The molecule has 1 aliphatic heterocycles. The first kappa shape index (κ1) is 27.1. The van der Waals surface area contributed by atoms with Gasteiger partial charge in [-0.05, 0) is 73.5 Å². The van der Waals surface area contributed by atoms with Gasteiger partial charge in [-0.2, -0.15) is 0 Å². The summed E-state index contributed by atoms with van der Waals surface area (Å²) >= 11 is 0. The lowest BCUT2D eigenvalue weighted by molar-refractivity contribution is 0.0774. The van der Waals surface area contributed by atoms with Crippen LogP contribution in [-0.4, -0.2) is 46.4 Å². The number of benzene rings is 3. The number of ketones is 1. The molecule has 0 aromatic heterocycles. The number of methoxy groups -OCH3 is 4. The van der Waals surface area contributed by atoms with Gasteiger partial charge in [0, 0.05) is 0 Å². The lowest BCUT2D eigenvalue weighted by Crippen LogP contribution is -2.28. The van der Waals surface area contributed by atoms with Gasteiger partial charge in [-0.3, -0.25) is 4.79 Å². The van der Waals surface area contributed by atoms with E-state index in [4.69, 9.17) is 28.4 Å². The minimum Gasteiger partial charge on any atom is -0.497 e. The summed E-state index contributed by atoms with van der Waals surface area (Å²) in [6, 6.07) is 16.7. The maximum Gasteiger partial charge on any atom is 0.176 e. The van der Waals surface area contributed by atoms with Gasteiger partial charge in [-0.25, -0.2) is 0 Å². The Labute approximate surface area is 223 Å². The Morgan fingerprint density at radius 3 is 2.26 bits per heavy atom. The summed E-state index contributed by atoms with van der Waals surface area (Å²) in [6.07, 6.45) is 3.90. The standard InChI is InChI=1S/C31H34O7/c1-31(2)16-15-23-26(38-31)14-12-24(30(23)36-6)29(32)25(21-9-13-27(34-4)28(17-21)35-5)19-37-18-20-7-10-22(33-3)11-8-20/h7-17,25H,18-19H2,1-6H3/t25-/m1/s1. The first-order valence-electron chi connectivity index (χ1n) is 12.4. The maximum absolute atomic E-state index is 14.1. The van der Waals surface area contributed by atoms with Gasteiger partial charge in [-0.1, -0.05) is 18.2 Å². The molecule has 3 aromatic carbocycles. The maximum atomic E-state index is 14.1. The number of ether oxygens (including phenoxy) is 6. The van der Waals surface area contributed by atoms with E-state index >= 15 is 0 Å². The van der Waals surface area contributed by atoms with E-state index in [0.29, 0.717) is 35.2 Å². The monoisotopic (exact) mass is 518 g/mol. The normalized spacial score (nSPS) is 14.2. The Hall–Kier alpha value is -3.97. The highest BCUT2D eigenvalue weighted by Gasteiger charge is 2.30. The van der Waals surface area contributed by atoms with Crippen LogP contribution in [0.15, 0.2) is 60.7 Å². The summed E-state index contributed by atoms with van der Waals surface area (Å²) in [7, 11) is 6.33. The average molecular weight is 519 g/mol. The smallest absolute Gasteiger partial charge is 0.176 e. The van der Waals surface area contributed by atoms with Crippen molar-refractivity contribution in [3.8, 4) is 28.7 Å². The second kappa shape index (κ2) is 11.6. The molecule has 4 rings (SSSR count). The number of hydrogen-bond acceptors (Lipinski definition) is 7. The number of hydrogen-bond donors (Lipinski definition) is 0. The van der Waals surface area contributed by atoms with E-state index in [0.717, 1.165) is 22.4 Å². The Kier molecular flexibility index (Phi) is 8.27. The lowest BCUT2D eigenvalue weighted by Gasteiger charge is -2.29. The molecule has 38 heavy (non-hydrogen) atoms. The van der Waals surface area contributed by atoms with Crippen molar-refractivity contribution in [2.45, 2.75) is 32.0 Å². The summed E-state index contributed by atoms with van der Waals surface area (Å²) in [5, 5.41) is 0. The zero-order valence-corrected chi connectivity index (χ0v) is 22.7. The van der Waals surface area contributed by atoms with Gasteiger partial charge in [0.2, 0.25) is 0 Å². The summed E-state index contributed by atoms with van der Waals surface area (Å²) in [6.45, 7) is 4.45. The Bertz CT molecular complexity index is 1310. The average Bonchev–Trinajstić information content (AvgIpc) is 2.93. The predicted octanol–water partition coefficient (Wildman–Crippen LogP) is 6.09. The van der Waals surface area contributed by atoms with E-state index < -0.39 is 11.5 Å². The largest absolute Gasteiger partial charge is 0.497 e. The predicted molar refractivity (Wildman–Crippen MR) is 146 cm³/mol. The molecule has 0 radical (unpaired) electrons. The Morgan fingerprint density at radius 2 is 1.61 bits per heavy atom. The zero-order valence-electron chi connectivity index (χ0n) is 22.7. The molecule has 0 saturated heterocycles. The SMILES string of the molecule is COc1ccc(COC[C@@H](C(=O)c2ccc3c(c2OC)C=CC(C)(C)O3)c2ccc(OC)c(OC)c2)cc1. The fourth-order valence-electron chi connectivity index (χ4n) is 4.44. The molecular formula is C31H34O7. The van der Waals surface area contributed by atoms with E-state index in [1.807, 2.05) is 68.5 Å². The molecule has 1 aliphatic rings. The molecule has 1 heterocycles. The van der Waals surface area contributed by atoms with Crippen LogP contribution in [-0.2, 0) is 11.3 Å². The van der Waals surface area contributed by atoms with Crippen LogP contribution < -0.4 is 23.7 Å². The molecule has 0 unspecified atom stereocenters. The van der Waals surface area contributed by atoms with Crippen LogP contribution in [0.4, 0.5) is 0 Å². The highest BCUT2D eigenvalue weighted by Crippen LogP contribution is 2.41. The molecule has 0 saturated carbocycles. The van der Waals surface area contributed by atoms with Crippen molar-refractivity contribution >= 4 is 11.9 Å². The molecule has 0 aliphatic carbocycles. The van der Waals surface area contributed by atoms with Crippen molar-refractivity contribution in [1.29, 1.82) is 0 Å². The molecule has 0 amide bonds. The minimum atomic E-state index is -0.620. The molecule has 7 heteroatoms. The molecule has 200 valence electrons. The van der Waals surface area contributed by atoms with Crippen LogP contribution in [0.25, 0.3) is 6.08 Å². The lowest BCUT2D eigenvalue weighted by atomic mass is 9.88. The molecule has 7 nitrogen and oxygen atoms in total. The van der Waals surface area contributed by atoms with E-state index in [-0.39, 0.29) is 12.4 Å². The van der Waals surface area contributed by atoms with Crippen LogP contribution in [0.5, 0.6) is 28.7 Å². The van der Waals surface area contributed by atoms with Gasteiger partial charge in [-0.15, -0.1) is 0 Å². The summed E-state index contributed by atoms with van der Waals surface area (Å²) in [4.78, 5) is 14.1. The molecule has 0 N–H and O–H groups in total. The Balaban J connectivity index is 1.67. The zero-order chi connectivity index (χ0) is 27.3. The van der Waals surface area contributed by atoms with E-state index in [1.54, 1.807) is 40.6 Å². The van der Waals surface area contributed by atoms with Crippen LogP contribution >= 0.6 is 0 Å². The summed E-state index contributed by atoms with van der Waals surface area (Å²) in [5.74, 6) is 2.28. The summed E-state index contributed by atoms with van der Waals surface area (Å²) in [5.41, 5.74) is 2.46. The minimum absolute atomic E-state index is 0.134. The van der Waals surface area contributed by atoms with Gasteiger partial charge >= 0.3 is 0 Å². The third-order valence-corrected chi connectivity index (χ3v) is 6.49. The van der Waals surface area contributed by atoms with E-state index in [2.05, 4.69) is 0 Å². The molecule has 0 fully saturated rings. The topological polar surface area (TPSA) is 72.5 Å². The number of carbonyl (C=O) groups is 1. The van der Waals surface area contributed by atoms with E-state index in [1.165, 1.54) is 0 Å². The molecule has 0 spiro atoms. The number of carbonyl (C=O) groups excluding carboxylic acids is 1. The van der Waals surface area contributed by atoms with Crippen LogP contribution in [0, 0.1) is 0 Å². The molecule has 3 aromatic rings. The van der Waals surface area contributed by atoms with Gasteiger partial charge < -0.3 is 28.4 Å². The van der Waals surface area contributed by atoms with Crippen molar-refractivity contribution < 1.29 is 33.2 Å².